The Balaban J connectivity index is 1.64. The van der Waals surface area contributed by atoms with Gasteiger partial charge in [-0.2, -0.15) is 5.10 Å². The molecule has 8 heteroatoms. The summed E-state index contributed by atoms with van der Waals surface area (Å²) < 4.78 is 31.5. The van der Waals surface area contributed by atoms with Crippen LogP contribution < -0.4 is 4.74 Å². The van der Waals surface area contributed by atoms with Crippen LogP contribution in [-0.2, 0) is 22.7 Å². The van der Waals surface area contributed by atoms with Crippen LogP contribution in [0.15, 0.2) is 18.2 Å². The zero-order valence-corrected chi connectivity index (χ0v) is 15.2. The van der Waals surface area contributed by atoms with Crippen LogP contribution in [0.3, 0.4) is 0 Å². The first-order valence-corrected chi connectivity index (χ1v) is 8.46. The molecule has 140 valence electrons. The van der Waals surface area contributed by atoms with Gasteiger partial charge in [0.05, 0.1) is 12.3 Å². The van der Waals surface area contributed by atoms with E-state index in [2.05, 4.69) is 10.1 Å². The van der Waals surface area contributed by atoms with Gasteiger partial charge in [0.25, 0.3) is 0 Å². The molecule has 0 N–H and O–H groups in total. The van der Waals surface area contributed by atoms with Crippen molar-refractivity contribution >= 4 is 11.6 Å². The molecule has 2 aromatic heterocycles. The second-order valence-electron chi connectivity index (χ2n) is 6.47. The van der Waals surface area contributed by atoms with E-state index in [4.69, 9.17) is 14.2 Å². The summed E-state index contributed by atoms with van der Waals surface area (Å²) in [6.07, 6.45) is 0. The van der Waals surface area contributed by atoms with Crippen molar-refractivity contribution in [3.05, 3.63) is 57.8 Å². The molecule has 0 spiro atoms. The SMILES string of the molecule is Cc1cc(C)n2nc(C)c(C(=O)OCc3cc(F)cc4c3OCOC4)c2n1. The van der Waals surface area contributed by atoms with Crippen molar-refractivity contribution in [3.63, 3.8) is 0 Å². The van der Waals surface area contributed by atoms with E-state index < -0.39 is 11.8 Å². The molecule has 1 aromatic carbocycles. The predicted octanol–water partition coefficient (Wildman–Crippen LogP) is 3.02. The second-order valence-corrected chi connectivity index (χ2v) is 6.47. The third-order valence-electron chi connectivity index (χ3n) is 4.38. The van der Waals surface area contributed by atoms with Gasteiger partial charge in [0.15, 0.2) is 12.4 Å². The summed E-state index contributed by atoms with van der Waals surface area (Å²) in [6, 6.07) is 4.53. The molecule has 0 unspecified atom stereocenters. The first-order chi connectivity index (χ1) is 12.9. The van der Waals surface area contributed by atoms with Gasteiger partial charge in [0.1, 0.15) is 23.7 Å². The summed E-state index contributed by atoms with van der Waals surface area (Å²) in [7, 11) is 0. The third kappa shape index (κ3) is 3.12. The molecule has 0 amide bonds. The van der Waals surface area contributed by atoms with E-state index in [1.165, 1.54) is 12.1 Å². The molecular formula is C19H18FN3O4. The number of aryl methyl sites for hydroxylation is 3. The maximum Gasteiger partial charge on any atom is 0.344 e. The minimum Gasteiger partial charge on any atom is -0.467 e. The fourth-order valence-electron chi connectivity index (χ4n) is 3.25. The number of halogens is 1. The molecule has 3 aromatic rings. The number of nitrogens with zero attached hydrogens (tertiary/aromatic N) is 3. The summed E-state index contributed by atoms with van der Waals surface area (Å²) in [5.41, 5.74) is 3.96. The van der Waals surface area contributed by atoms with E-state index in [0.29, 0.717) is 33.8 Å². The molecule has 1 aliphatic heterocycles. The van der Waals surface area contributed by atoms with Gasteiger partial charge >= 0.3 is 5.97 Å². The molecule has 0 aliphatic carbocycles. The van der Waals surface area contributed by atoms with Gasteiger partial charge in [-0.15, -0.1) is 0 Å². The Morgan fingerprint density at radius 1 is 1.30 bits per heavy atom. The van der Waals surface area contributed by atoms with Crippen LogP contribution in [0.25, 0.3) is 5.65 Å². The number of ether oxygens (including phenoxy) is 3. The fourth-order valence-corrected chi connectivity index (χ4v) is 3.25. The molecule has 4 rings (SSSR count). The summed E-state index contributed by atoms with van der Waals surface area (Å²) in [6.45, 7) is 5.68. The maximum atomic E-state index is 13.8. The van der Waals surface area contributed by atoms with Crippen LogP contribution in [0.4, 0.5) is 4.39 Å². The van der Waals surface area contributed by atoms with Crippen molar-refractivity contribution in [1.82, 2.24) is 14.6 Å². The third-order valence-corrected chi connectivity index (χ3v) is 4.38. The number of rotatable bonds is 3. The first-order valence-electron chi connectivity index (χ1n) is 8.46. The van der Waals surface area contributed by atoms with E-state index in [-0.39, 0.29) is 20.0 Å². The number of esters is 1. The number of hydrogen-bond donors (Lipinski definition) is 0. The van der Waals surface area contributed by atoms with Crippen molar-refractivity contribution in [2.45, 2.75) is 34.0 Å². The molecule has 0 fully saturated rings. The lowest BCUT2D eigenvalue weighted by atomic mass is 10.1. The Morgan fingerprint density at radius 3 is 2.93 bits per heavy atom. The monoisotopic (exact) mass is 371 g/mol. The molecular weight excluding hydrogens is 353 g/mol. The van der Waals surface area contributed by atoms with Crippen molar-refractivity contribution in [2.24, 2.45) is 0 Å². The van der Waals surface area contributed by atoms with Gasteiger partial charge in [-0.3, -0.25) is 0 Å². The molecule has 27 heavy (non-hydrogen) atoms. The van der Waals surface area contributed by atoms with Crippen LogP contribution in [-0.4, -0.2) is 27.4 Å². The van der Waals surface area contributed by atoms with Crippen molar-refractivity contribution < 1.29 is 23.4 Å². The highest BCUT2D eigenvalue weighted by atomic mass is 19.1. The quantitative estimate of drug-likeness (QED) is 0.659. The summed E-state index contributed by atoms with van der Waals surface area (Å²) >= 11 is 0. The Labute approximate surface area is 154 Å². The zero-order valence-electron chi connectivity index (χ0n) is 15.2. The normalized spacial score (nSPS) is 13.3. The molecule has 3 heterocycles. The zero-order chi connectivity index (χ0) is 19.1. The molecule has 0 radical (unpaired) electrons. The fraction of sp³-hybridized carbons (Fsp3) is 0.316. The van der Waals surface area contributed by atoms with Gasteiger partial charge in [-0.1, -0.05) is 0 Å². The van der Waals surface area contributed by atoms with E-state index >= 15 is 0 Å². The second kappa shape index (κ2) is 6.62. The first kappa shape index (κ1) is 17.4. The number of carbonyl (C=O) groups excluding carboxylic acids is 1. The topological polar surface area (TPSA) is 75.0 Å². The summed E-state index contributed by atoms with van der Waals surface area (Å²) in [5.74, 6) is -0.504. The molecule has 0 saturated carbocycles. The number of benzene rings is 1. The Hall–Kier alpha value is -3.00. The Kier molecular flexibility index (Phi) is 4.27. The lowest BCUT2D eigenvalue weighted by molar-refractivity contribution is -0.0182. The minimum atomic E-state index is -0.565. The lowest BCUT2D eigenvalue weighted by Gasteiger charge is -2.20. The Bertz CT molecular complexity index is 1060. The smallest absolute Gasteiger partial charge is 0.344 e. The number of carbonyl (C=O) groups is 1. The summed E-state index contributed by atoms with van der Waals surface area (Å²) in [5, 5.41) is 4.37. The van der Waals surface area contributed by atoms with Crippen LogP contribution in [0.2, 0.25) is 0 Å². The van der Waals surface area contributed by atoms with Gasteiger partial charge in [-0.05, 0) is 39.0 Å². The van der Waals surface area contributed by atoms with Crippen LogP contribution >= 0.6 is 0 Å². The number of aromatic nitrogens is 3. The van der Waals surface area contributed by atoms with Crippen molar-refractivity contribution in [2.75, 3.05) is 6.79 Å². The maximum absolute atomic E-state index is 13.8. The van der Waals surface area contributed by atoms with E-state index in [1.54, 1.807) is 11.4 Å². The summed E-state index contributed by atoms with van der Waals surface area (Å²) in [4.78, 5) is 17.1. The van der Waals surface area contributed by atoms with E-state index in [1.807, 2.05) is 19.9 Å². The van der Waals surface area contributed by atoms with Gasteiger partial charge in [0, 0.05) is 22.5 Å². The highest BCUT2D eigenvalue weighted by Gasteiger charge is 2.23. The van der Waals surface area contributed by atoms with Gasteiger partial charge < -0.3 is 14.2 Å². The van der Waals surface area contributed by atoms with Gasteiger partial charge in [0.2, 0.25) is 0 Å². The van der Waals surface area contributed by atoms with E-state index in [0.717, 1.165) is 11.4 Å². The Morgan fingerprint density at radius 2 is 2.11 bits per heavy atom. The molecule has 0 bridgehead atoms. The number of hydrogen-bond acceptors (Lipinski definition) is 6. The average Bonchev–Trinajstić information content (AvgIpc) is 2.95. The predicted molar refractivity (Wildman–Crippen MR) is 93.0 cm³/mol. The largest absolute Gasteiger partial charge is 0.467 e. The van der Waals surface area contributed by atoms with Gasteiger partial charge in [-0.25, -0.2) is 18.7 Å². The van der Waals surface area contributed by atoms with E-state index in [9.17, 15) is 9.18 Å². The lowest BCUT2D eigenvalue weighted by Crippen LogP contribution is -2.15. The molecule has 0 saturated heterocycles. The number of fused-ring (bicyclic) bond motifs is 2. The van der Waals surface area contributed by atoms with Crippen LogP contribution in [0, 0.1) is 26.6 Å². The average molecular weight is 371 g/mol. The molecule has 7 nitrogen and oxygen atoms in total. The molecule has 1 aliphatic rings. The van der Waals surface area contributed by atoms with Crippen LogP contribution in [0.1, 0.15) is 38.6 Å². The standard InChI is InChI=1S/C19H18FN3O4/c1-10-4-11(2)23-18(21-10)16(12(3)22-23)19(24)26-8-14-6-15(20)5-13-7-25-9-27-17(13)14/h4-6H,7-9H2,1-3H3. The minimum absolute atomic E-state index is 0.0786. The highest BCUT2D eigenvalue weighted by molar-refractivity contribution is 5.97. The highest BCUT2D eigenvalue weighted by Crippen LogP contribution is 2.30. The molecule has 0 atom stereocenters. The van der Waals surface area contributed by atoms with Crippen LogP contribution in [0.5, 0.6) is 5.75 Å². The van der Waals surface area contributed by atoms with Crippen molar-refractivity contribution in [1.29, 1.82) is 0 Å². The van der Waals surface area contributed by atoms with Crippen molar-refractivity contribution in [3.8, 4) is 5.75 Å².